The van der Waals surface area contributed by atoms with Crippen molar-refractivity contribution in [1.82, 2.24) is 10.3 Å². The lowest BCUT2D eigenvalue weighted by Crippen LogP contribution is -2.48. The zero-order valence-electron chi connectivity index (χ0n) is 11.3. The highest BCUT2D eigenvalue weighted by atomic mass is 15.0. The first-order valence-corrected chi connectivity index (χ1v) is 6.34. The van der Waals surface area contributed by atoms with E-state index in [2.05, 4.69) is 44.1 Å². The monoisotopic (exact) mass is 233 g/mol. The molecule has 1 saturated heterocycles. The van der Waals surface area contributed by atoms with E-state index in [0.29, 0.717) is 5.82 Å². The van der Waals surface area contributed by atoms with Crippen molar-refractivity contribution < 1.29 is 0 Å². The Labute approximate surface area is 104 Å². The summed E-state index contributed by atoms with van der Waals surface area (Å²) >= 11 is 0. The van der Waals surface area contributed by atoms with Gasteiger partial charge in [0.15, 0.2) is 0 Å². The number of nitrogens with two attached hydrogens (primary N) is 1. The predicted molar refractivity (Wildman–Crippen MR) is 71.8 cm³/mol. The van der Waals surface area contributed by atoms with Crippen LogP contribution in [0.4, 0.5) is 5.82 Å². The van der Waals surface area contributed by atoms with Gasteiger partial charge < -0.3 is 11.1 Å². The van der Waals surface area contributed by atoms with Crippen LogP contribution in [-0.4, -0.2) is 11.5 Å². The number of hydrogen-bond acceptors (Lipinski definition) is 3. The van der Waals surface area contributed by atoms with Crippen molar-refractivity contribution in [3.8, 4) is 0 Å². The van der Waals surface area contributed by atoms with Gasteiger partial charge in [0.05, 0.1) is 5.54 Å². The largest absolute Gasteiger partial charge is 0.383 e. The first-order chi connectivity index (χ1) is 7.87. The molecule has 1 fully saturated rings. The van der Waals surface area contributed by atoms with Crippen molar-refractivity contribution in [3.63, 3.8) is 0 Å². The normalized spacial score (nSPS) is 25.2. The number of aromatic nitrogens is 1. The molecule has 3 heteroatoms. The standard InChI is InChI=1S/C14H23N3/c1-10-8-11(12(15)16-9-10)14(13(2,3)4)6-5-7-17-14/h8-9,17H,5-7H2,1-4H3,(H2,15,16). The quantitative estimate of drug-likeness (QED) is 0.784. The second-order valence-electron chi connectivity index (χ2n) is 6.13. The van der Waals surface area contributed by atoms with Crippen molar-refractivity contribution in [2.24, 2.45) is 5.41 Å². The molecule has 1 aromatic heterocycles. The van der Waals surface area contributed by atoms with Gasteiger partial charge in [0.25, 0.3) is 0 Å². The minimum Gasteiger partial charge on any atom is -0.383 e. The van der Waals surface area contributed by atoms with Crippen LogP contribution in [0, 0.1) is 12.3 Å². The summed E-state index contributed by atoms with van der Waals surface area (Å²) in [6, 6.07) is 2.19. The van der Waals surface area contributed by atoms with Gasteiger partial charge >= 0.3 is 0 Å². The fraction of sp³-hybridized carbons (Fsp3) is 0.643. The fourth-order valence-electron chi connectivity index (χ4n) is 2.94. The molecule has 1 unspecified atom stereocenters. The SMILES string of the molecule is Cc1cnc(N)c(C2(C(C)(C)C)CCCN2)c1. The third kappa shape index (κ3) is 1.93. The molecule has 1 atom stereocenters. The summed E-state index contributed by atoms with van der Waals surface area (Å²) in [6.45, 7) is 9.94. The fourth-order valence-corrected chi connectivity index (χ4v) is 2.94. The van der Waals surface area contributed by atoms with Crippen LogP contribution in [0.1, 0.15) is 44.7 Å². The smallest absolute Gasteiger partial charge is 0.128 e. The van der Waals surface area contributed by atoms with Crippen LogP contribution in [-0.2, 0) is 5.54 Å². The third-order valence-corrected chi connectivity index (χ3v) is 3.95. The van der Waals surface area contributed by atoms with Gasteiger partial charge in [-0.2, -0.15) is 0 Å². The Kier molecular flexibility index (Phi) is 2.90. The molecule has 17 heavy (non-hydrogen) atoms. The molecule has 1 aromatic rings. The molecular formula is C14H23N3. The molecule has 0 amide bonds. The number of nitrogen functional groups attached to an aromatic ring is 1. The molecule has 0 saturated carbocycles. The van der Waals surface area contributed by atoms with E-state index in [-0.39, 0.29) is 11.0 Å². The van der Waals surface area contributed by atoms with Crippen molar-refractivity contribution in [3.05, 3.63) is 23.4 Å². The first kappa shape index (κ1) is 12.4. The molecule has 2 heterocycles. The minimum atomic E-state index is -0.0316. The number of hydrogen-bond donors (Lipinski definition) is 2. The Bertz CT molecular complexity index is 412. The topological polar surface area (TPSA) is 50.9 Å². The maximum absolute atomic E-state index is 6.10. The summed E-state index contributed by atoms with van der Waals surface area (Å²) in [6.07, 6.45) is 4.17. The number of nitrogens with zero attached hydrogens (tertiary/aromatic N) is 1. The number of aryl methyl sites for hydroxylation is 1. The Hall–Kier alpha value is -1.09. The molecule has 3 N–H and O–H groups in total. The highest BCUT2D eigenvalue weighted by Gasteiger charge is 2.46. The van der Waals surface area contributed by atoms with Crippen molar-refractivity contribution >= 4 is 5.82 Å². The second kappa shape index (κ2) is 3.98. The van der Waals surface area contributed by atoms with E-state index in [1.165, 1.54) is 17.5 Å². The molecule has 94 valence electrons. The van der Waals surface area contributed by atoms with Crippen LogP contribution in [0.15, 0.2) is 12.3 Å². The average molecular weight is 233 g/mol. The van der Waals surface area contributed by atoms with Crippen LogP contribution in [0.25, 0.3) is 0 Å². The Morgan fingerprint density at radius 3 is 2.65 bits per heavy atom. The van der Waals surface area contributed by atoms with Gasteiger partial charge in [-0.15, -0.1) is 0 Å². The highest BCUT2D eigenvalue weighted by molar-refractivity contribution is 5.47. The van der Waals surface area contributed by atoms with E-state index < -0.39 is 0 Å². The number of rotatable bonds is 1. The molecule has 2 rings (SSSR count). The molecule has 0 radical (unpaired) electrons. The molecular weight excluding hydrogens is 210 g/mol. The number of anilines is 1. The summed E-state index contributed by atoms with van der Waals surface area (Å²) in [7, 11) is 0. The lowest BCUT2D eigenvalue weighted by atomic mass is 9.68. The van der Waals surface area contributed by atoms with Gasteiger partial charge in [-0.3, -0.25) is 0 Å². The predicted octanol–water partition coefficient (Wildman–Crippen LogP) is 2.60. The van der Waals surface area contributed by atoms with Gasteiger partial charge in [-0.25, -0.2) is 4.98 Å². The van der Waals surface area contributed by atoms with Gasteiger partial charge in [-0.05, 0) is 43.4 Å². The summed E-state index contributed by atoms with van der Waals surface area (Å²) in [5.41, 5.74) is 8.54. The first-order valence-electron chi connectivity index (χ1n) is 6.34. The van der Waals surface area contributed by atoms with Crippen LogP contribution >= 0.6 is 0 Å². The average Bonchev–Trinajstić information content (AvgIpc) is 2.71. The van der Waals surface area contributed by atoms with E-state index >= 15 is 0 Å². The van der Waals surface area contributed by atoms with Crippen molar-refractivity contribution in [1.29, 1.82) is 0 Å². The van der Waals surface area contributed by atoms with Crippen molar-refractivity contribution in [2.75, 3.05) is 12.3 Å². The third-order valence-electron chi connectivity index (χ3n) is 3.95. The summed E-state index contributed by atoms with van der Waals surface area (Å²) in [5, 5.41) is 3.67. The summed E-state index contributed by atoms with van der Waals surface area (Å²) < 4.78 is 0. The lowest BCUT2D eigenvalue weighted by molar-refractivity contribution is 0.161. The van der Waals surface area contributed by atoms with Crippen LogP contribution in [0.3, 0.4) is 0 Å². The molecule has 1 aliphatic rings. The van der Waals surface area contributed by atoms with Crippen LogP contribution in [0.2, 0.25) is 0 Å². The van der Waals surface area contributed by atoms with Crippen LogP contribution < -0.4 is 11.1 Å². The Morgan fingerprint density at radius 1 is 1.41 bits per heavy atom. The van der Waals surface area contributed by atoms with Gasteiger partial charge in [0.2, 0.25) is 0 Å². The highest BCUT2D eigenvalue weighted by Crippen LogP contribution is 2.47. The Balaban J connectivity index is 2.57. The van der Waals surface area contributed by atoms with E-state index in [1.807, 2.05) is 6.20 Å². The van der Waals surface area contributed by atoms with Gasteiger partial charge in [-0.1, -0.05) is 20.8 Å². The van der Waals surface area contributed by atoms with E-state index in [9.17, 15) is 0 Å². The van der Waals surface area contributed by atoms with E-state index in [4.69, 9.17) is 5.73 Å². The zero-order chi connectivity index (χ0) is 12.7. The summed E-state index contributed by atoms with van der Waals surface area (Å²) in [4.78, 5) is 4.32. The molecule has 0 aromatic carbocycles. The zero-order valence-corrected chi connectivity index (χ0v) is 11.3. The molecule has 3 nitrogen and oxygen atoms in total. The molecule has 0 spiro atoms. The van der Waals surface area contributed by atoms with Gasteiger partial charge in [0.1, 0.15) is 5.82 Å². The van der Waals surface area contributed by atoms with Crippen LogP contribution in [0.5, 0.6) is 0 Å². The molecule has 1 aliphatic heterocycles. The Morgan fingerprint density at radius 2 is 2.12 bits per heavy atom. The lowest BCUT2D eigenvalue weighted by Gasteiger charge is -2.43. The molecule has 0 aliphatic carbocycles. The van der Waals surface area contributed by atoms with Crippen molar-refractivity contribution in [2.45, 2.75) is 46.1 Å². The van der Waals surface area contributed by atoms with Gasteiger partial charge in [0, 0.05) is 11.8 Å². The number of pyridine rings is 1. The number of nitrogens with one attached hydrogen (secondary N) is 1. The van der Waals surface area contributed by atoms with E-state index in [1.54, 1.807) is 0 Å². The summed E-state index contributed by atoms with van der Waals surface area (Å²) in [5.74, 6) is 0.667. The van der Waals surface area contributed by atoms with E-state index in [0.717, 1.165) is 13.0 Å². The minimum absolute atomic E-state index is 0.0316. The maximum atomic E-state index is 6.10. The molecule has 0 bridgehead atoms. The second-order valence-corrected chi connectivity index (χ2v) is 6.13. The maximum Gasteiger partial charge on any atom is 0.128 e.